The molecule has 10 heteroatoms. The third-order valence-electron chi connectivity index (χ3n) is 2.43. The molecule has 0 aliphatic carbocycles. The zero-order valence-electron chi connectivity index (χ0n) is 10.9. The van der Waals surface area contributed by atoms with Crippen LogP contribution in [0.25, 0.3) is 0 Å². The van der Waals surface area contributed by atoms with E-state index in [1.54, 1.807) is 6.92 Å². The molecule has 0 aromatic carbocycles. The summed E-state index contributed by atoms with van der Waals surface area (Å²) >= 11 is 0. The maximum Gasteiger partial charge on any atom is 0.342 e. The maximum absolute atomic E-state index is 12.2. The molecule has 2 aromatic rings. The fourth-order valence-electron chi connectivity index (χ4n) is 1.53. The van der Waals surface area contributed by atoms with Gasteiger partial charge in [-0.15, -0.1) is 0 Å². The van der Waals surface area contributed by atoms with E-state index in [1.165, 1.54) is 18.3 Å². The number of hydrogen-bond donors (Lipinski definition) is 3. The Balaban J connectivity index is 2.38. The van der Waals surface area contributed by atoms with Crippen molar-refractivity contribution in [2.75, 3.05) is 11.3 Å². The van der Waals surface area contributed by atoms with Crippen molar-refractivity contribution in [3.05, 3.63) is 40.4 Å². The summed E-state index contributed by atoms with van der Waals surface area (Å²) in [6, 6.07) is 2.75. The Hall–Kier alpha value is -2.62. The molecule has 3 N–H and O–H groups in total. The lowest BCUT2D eigenvalue weighted by atomic mass is 10.4. The number of nitrogens with zero attached hydrogens (tertiary/aromatic N) is 1. The van der Waals surface area contributed by atoms with Crippen LogP contribution < -0.4 is 10.3 Å². The molecule has 0 atom stereocenters. The predicted molar refractivity (Wildman–Crippen MR) is 72.4 cm³/mol. The van der Waals surface area contributed by atoms with Crippen molar-refractivity contribution < 1.29 is 17.9 Å². The van der Waals surface area contributed by atoms with E-state index in [4.69, 9.17) is 4.74 Å². The van der Waals surface area contributed by atoms with Crippen LogP contribution in [0.1, 0.15) is 17.3 Å². The van der Waals surface area contributed by atoms with Crippen molar-refractivity contribution in [3.63, 3.8) is 0 Å². The number of anilines is 1. The Bertz CT molecular complexity index is 808. The van der Waals surface area contributed by atoms with Gasteiger partial charge in [0.15, 0.2) is 5.03 Å². The highest BCUT2D eigenvalue weighted by atomic mass is 32.2. The van der Waals surface area contributed by atoms with E-state index in [1.807, 2.05) is 0 Å². The number of pyridine rings is 1. The molecule has 2 heterocycles. The highest BCUT2D eigenvalue weighted by molar-refractivity contribution is 7.92. The van der Waals surface area contributed by atoms with E-state index in [2.05, 4.69) is 19.9 Å². The predicted octanol–water partition coefficient (Wildman–Crippen LogP) is 0.0755. The fourth-order valence-corrected chi connectivity index (χ4v) is 2.68. The molecule has 21 heavy (non-hydrogen) atoms. The number of aromatic nitrogens is 3. The molecule has 0 aliphatic heterocycles. The van der Waals surface area contributed by atoms with E-state index in [0.717, 1.165) is 6.20 Å². The number of aromatic amines is 2. The van der Waals surface area contributed by atoms with Gasteiger partial charge in [-0.2, -0.15) is 13.5 Å². The van der Waals surface area contributed by atoms with Crippen LogP contribution in [-0.4, -0.2) is 36.2 Å². The molecule has 9 nitrogen and oxygen atoms in total. The van der Waals surface area contributed by atoms with Crippen LogP contribution in [0.2, 0.25) is 0 Å². The number of sulfonamides is 1. The van der Waals surface area contributed by atoms with Crippen molar-refractivity contribution in [1.82, 2.24) is 15.2 Å². The fraction of sp³-hybridized carbons (Fsp3) is 0.182. The first-order chi connectivity index (χ1) is 9.95. The van der Waals surface area contributed by atoms with Crippen molar-refractivity contribution in [3.8, 4) is 0 Å². The van der Waals surface area contributed by atoms with Crippen LogP contribution >= 0.6 is 0 Å². The van der Waals surface area contributed by atoms with Gasteiger partial charge in [-0.3, -0.25) is 14.6 Å². The third-order valence-corrected chi connectivity index (χ3v) is 3.77. The minimum Gasteiger partial charge on any atom is -0.462 e. The van der Waals surface area contributed by atoms with Crippen molar-refractivity contribution in [2.45, 2.75) is 11.9 Å². The lowest BCUT2D eigenvalue weighted by molar-refractivity contribution is 0.0522. The first-order valence-corrected chi connectivity index (χ1v) is 7.35. The van der Waals surface area contributed by atoms with E-state index in [0.29, 0.717) is 0 Å². The van der Waals surface area contributed by atoms with E-state index in [9.17, 15) is 18.0 Å². The molecule has 0 bridgehead atoms. The molecular formula is C11H12N4O5S. The summed E-state index contributed by atoms with van der Waals surface area (Å²) in [5.41, 5.74) is -1.03. The summed E-state index contributed by atoms with van der Waals surface area (Å²) in [7, 11) is -4.18. The minimum absolute atomic E-state index is 0.0925. The molecule has 0 aliphatic rings. The molecule has 0 amide bonds. The SMILES string of the molecule is CCOC(=O)c1cn[nH]c1S(=O)(=O)Nc1ccc[nH]c1=O. The number of esters is 1. The second-order valence-corrected chi connectivity index (χ2v) is 5.47. The molecular weight excluding hydrogens is 300 g/mol. The van der Waals surface area contributed by atoms with Crippen molar-refractivity contribution in [2.24, 2.45) is 0 Å². The Morgan fingerprint density at radius 1 is 1.48 bits per heavy atom. The third kappa shape index (κ3) is 3.11. The first kappa shape index (κ1) is 14.8. The second kappa shape index (κ2) is 5.79. The second-order valence-electron chi connectivity index (χ2n) is 3.85. The zero-order valence-corrected chi connectivity index (χ0v) is 11.7. The standard InChI is InChI=1S/C11H12N4O5S/c1-2-20-11(17)7-6-13-14-10(7)21(18,19)15-8-4-3-5-12-9(8)16/h3-6,15H,2H2,1H3,(H,12,16)(H,13,14). The molecule has 0 fully saturated rings. The average molecular weight is 312 g/mol. The number of carbonyl (C=O) groups is 1. The number of hydrogen-bond acceptors (Lipinski definition) is 6. The van der Waals surface area contributed by atoms with Gasteiger partial charge in [0.2, 0.25) is 0 Å². The summed E-state index contributed by atoms with van der Waals surface area (Å²) in [5.74, 6) is -0.825. The summed E-state index contributed by atoms with van der Waals surface area (Å²) in [5, 5.41) is 5.27. The minimum atomic E-state index is -4.18. The van der Waals surface area contributed by atoms with Crippen LogP contribution in [0.15, 0.2) is 34.3 Å². The van der Waals surface area contributed by atoms with Crippen molar-refractivity contribution in [1.29, 1.82) is 0 Å². The molecule has 0 radical (unpaired) electrons. The lowest BCUT2D eigenvalue weighted by Gasteiger charge is -2.07. The van der Waals surface area contributed by atoms with E-state index in [-0.39, 0.29) is 17.9 Å². The number of carbonyl (C=O) groups excluding carboxylic acids is 1. The van der Waals surface area contributed by atoms with Gasteiger partial charge in [-0.25, -0.2) is 4.79 Å². The first-order valence-electron chi connectivity index (χ1n) is 5.86. The highest BCUT2D eigenvalue weighted by Gasteiger charge is 2.26. The Morgan fingerprint density at radius 2 is 2.24 bits per heavy atom. The monoisotopic (exact) mass is 312 g/mol. The quantitative estimate of drug-likeness (QED) is 0.669. The number of H-pyrrole nitrogens is 2. The summed E-state index contributed by atoms with van der Waals surface area (Å²) in [6.07, 6.45) is 2.40. The molecule has 2 aromatic heterocycles. The van der Waals surface area contributed by atoms with Crippen LogP contribution in [-0.2, 0) is 14.8 Å². The van der Waals surface area contributed by atoms with Gasteiger partial charge in [0, 0.05) is 6.20 Å². The highest BCUT2D eigenvalue weighted by Crippen LogP contribution is 2.16. The smallest absolute Gasteiger partial charge is 0.342 e. The van der Waals surface area contributed by atoms with Crippen LogP contribution in [0, 0.1) is 0 Å². The zero-order chi connectivity index (χ0) is 15.5. The molecule has 0 spiro atoms. The summed E-state index contributed by atoms with van der Waals surface area (Å²) in [6.45, 7) is 1.68. The average Bonchev–Trinajstić information content (AvgIpc) is 2.92. The van der Waals surface area contributed by atoms with Gasteiger partial charge in [-0.1, -0.05) is 0 Å². The van der Waals surface area contributed by atoms with Crippen LogP contribution in [0.4, 0.5) is 5.69 Å². The molecule has 2 rings (SSSR count). The van der Waals surface area contributed by atoms with Gasteiger partial charge < -0.3 is 9.72 Å². The van der Waals surface area contributed by atoms with Crippen LogP contribution in [0.3, 0.4) is 0 Å². The largest absolute Gasteiger partial charge is 0.462 e. The number of nitrogens with one attached hydrogen (secondary N) is 3. The van der Waals surface area contributed by atoms with Gasteiger partial charge in [0.1, 0.15) is 11.3 Å². The lowest BCUT2D eigenvalue weighted by Crippen LogP contribution is -2.22. The van der Waals surface area contributed by atoms with Crippen LogP contribution in [0.5, 0.6) is 0 Å². The van der Waals surface area contributed by atoms with Gasteiger partial charge in [0.05, 0.1) is 12.8 Å². The van der Waals surface area contributed by atoms with E-state index < -0.39 is 26.6 Å². The molecule has 112 valence electrons. The summed E-state index contributed by atoms with van der Waals surface area (Å²) < 4.78 is 31.2. The van der Waals surface area contributed by atoms with Crippen molar-refractivity contribution >= 4 is 21.7 Å². The Morgan fingerprint density at radius 3 is 2.90 bits per heavy atom. The summed E-state index contributed by atoms with van der Waals surface area (Å²) in [4.78, 5) is 25.5. The topological polar surface area (TPSA) is 134 Å². The van der Waals surface area contributed by atoms with Gasteiger partial charge in [-0.05, 0) is 19.1 Å². The number of rotatable bonds is 5. The Labute approximate surface area is 119 Å². The Kier molecular flexibility index (Phi) is 4.08. The van der Waals surface area contributed by atoms with E-state index >= 15 is 0 Å². The molecule has 0 saturated carbocycles. The number of ether oxygens (including phenoxy) is 1. The molecule has 0 saturated heterocycles. The van der Waals surface area contributed by atoms with Gasteiger partial charge in [0.25, 0.3) is 15.6 Å². The molecule has 0 unspecified atom stereocenters. The van der Waals surface area contributed by atoms with Gasteiger partial charge >= 0.3 is 5.97 Å². The maximum atomic E-state index is 12.2. The normalized spacial score (nSPS) is 11.1.